The fourth-order valence-corrected chi connectivity index (χ4v) is 2.01. The average molecular weight is 270 g/mol. The largest absolute Gasteiger partial charge is 0.434 e. The van der Waals surface area contributed by atoms with Crippen LogP contribution < -0.4 is 5.73 Å². The van der Waals surface area contributed by atoms with Crippen LogP contribution in [0.4, 0.5) is 10.1 Å². The fourth-order valence-electron chi connectivity index (χ4n) is 2.01. The summed E-state index contributed by atoms with van der Waals surface area (Å²) in [4.78, 5) is 15.7. The number of rotatable bonds is 2. The summed E-state index contributed by atoms with van der Waals surface area (Å²) in [7, 11) is 0. The molecule has 5 heteroatoms. The molecule has 0 aliphatic carbocycles. The third-order valence-electron chi connectivity index (χ3n) is 3.00. The molecule has 20 heavy (non-hydrogen) atoms. The molecule has 0 amide bonds. The first kappa shape index (κ1) is 12.3. The van der Waals surface area contributed by atoms with Crippen LogP contribution >= 0.6 is 0 Å². The van der Waals surface area contributed by atoms with Crippen LogP contribution in [0.5, 0.6) is 0 Å². The van der Waals surface area contributed by atoms with Gasteiger partial charge in [0, 0.05) is 11.1 Å². The van der Waals surface area contributed by atoms with Gasteiger partial charge in [-0.1, -0.05) is 6.07 Å². The van der Waals surface area contributed by atoms with Gasteiger partial charge < -0.3 is 10.2 Å². The first-order valence-corrected chi connectivity index (χ1v) is 6.01. The molecule has 0 spiro atoms. The Morgan fingerprint density at radius 2 is 2.10 bits per heavy atom. The molecule has 0 aliphatic rings. The van der Waals surface area contributed by atoms with Gasteiger partial charge in [-0.25, -0.2) is 9.37 Å². The number of nitrogens with two attached hydrogens (primary N) is 1. The zero-order valence-electron chi connectivity index (χ0n) is 10.7. The Morgan fingerprint density at radius 1 is 1.30 bits per heavy atom. The van der Waals surface area contributed by atoms with Crippen molar-refractivity contribution >= 4 is 22.6 Å². The number of halogens is 1. The summed E-state index contributed by atoms with van der Waals surface area (Å²) in [6, 6.07) is 9.09. The van der Waals surface area contributed by atoms with Gasteiger partial charge in [0.1, 0.15) is 11.3 Å². The molecule has 0 fully saturated rings. The van der Waals surface area contributed by atoms with E-state index in [1.54, 1.807) is 24.3 Å². The van der Waals surface area contributed by atoms with Crippen molar-refractivity contribution in [3.63, 3.8) is 0 Å². The van der Waals surface area contributed by atoms with Crippen molar-refractivity contribution in [3.8, 4) is 11.5 Å². The first-order chi connectivity index (χ1) is 9.54. The lowest BCUT2D eigenvalue weighted by Crippen LogP contribution is -1.95. The number of carbonyl (C=O) groups is 1. The number of hydrogen-bond donors (Lipinski definition) is 1. The number of nitrogens with zero attached hydrogens (tertiary/aromatic N) is 1. The van der Waals surface area contributed by atoms with Gasteiger partial charge in [0.2, 0.25) is 5.89 Å². The molecule has 1 heterocycles. The van der Waals surface area contributed by atoms with Crippen LogP contribution in [0.3, 0.4) is 0 Å². The highest BCUT2D eigenvalue weighted by Crippen LogP contribution is 2.29. The Labute approximate surface area is 114 Å². The maximum atomic E-state index is 13.2. The van der Waals surface area contributed by atoms with E-state index in [-0.39, 0.29) is 17.5 Å². The van der Waals surface area contributed by atoms with Gasteiger partial charge in [-0.15, -0.1) is 0 Å². The Hall–Kier alpha value is -2.69. The number of fused-ring (bicyclic) bond motifs is 1. The highest BCUT2D eigenvalue weighted by Gasteiger charge is 2.13. The quantitative estimate of drug-likeness (QED) is 0.572. The predicted molar refractivity (Wildman–Crippen MR) is 73.8 cm³/mol. The molecule has 100 valence electrons. The van der Waals surface area contributed by atoms with Crippen molar-refractivity contribution in [1.82, 2.24) is 4.98 Å². The van der Waals surface area contributed by atoms with Gasteiger partial charge in [-0.05, 0) is 37.3 Å². The number of Topliss-reactive ketones (excluding diaryl/α,β-unsaturated/α-hetero) is 1. The summed E-state index contributed by atoms with van der Waals surface area (Å²) >= 11 is 0. The normalized spacial score (nSPS) is 10.9. The van der Waals surface area contributed by atoms with Crippen molar-refractivity contribution < 1.29 is 13.6 Å². The van der Waals surface area contributed by atoms with Crippen LogP contribution in [0.25, 0.3) is 22.6 Å². The summed E-state index contributed by atoms with van der Waals surface area (Å²) in [5.74, 6) is -0.206. The lowest BCUT2D eigenvalue weighted by molar-refractivity contribution is 0.101. The van der Waals surface area contributed by atoms with E-state index in [9.17, 15) is 9.18 Å². The minimum Gasteiger partial charge on any atom is -0.434 e. The Kier molecular flexibility index (Phi) is 2.75. The third-order valence-corrected chi connectivity index (χ3v) is 3.00. The van der Waals surface area contributed by atoms with Gasteiger partial charge in [-0.2, -0.15) is 0 Å². The lowest BCUT2D eigenvalue weighted by Gasteiger charge is -1.97. The molecule has 1 aromatic heterocycles. The topological polar surface area (TPSA) is 69.1 Å². The lowest BCUT2D eigenvalue weighted by atomic mass is 10.1. The summed E-state index contributed by atoms with van der Waals surface area (Å²) in [6.07, 6.45) is 0. The van der Waals surface area contributed by atoms with Gasteiger partial charge in [-0.3, -0.25) is 4.79 Å². The Balaban J connectivity index is 2.20. The van der Waals surface area contributed by atoms with Crippen LogP contribution in [0.15, 0.2) is 40.8 Å². The minimum absolute atomic E-state index is 0.103. The molecule has 0 saturated heterocycles. The number of ketones is 1. The highest BCUT2D eigenvalue weighted by atomic mass is 19.1. The maximum Gasteiger partial charge on any atom is 0.227 e. The molecule has 0 radical (unpaired) electrons. The molecule has 0 unspecified atom stereocenters. The summed E-state index contributed by atoms with van der Waals surface area (Å²) in [5, 5.41) is 0. The smallest absolute Gasteiger partial charge is 0.227 e. The van der Waals surface area contributed by atoms with Crippen LogP contribution in [0.1, 0.15) is 17.3 Å². The molecular weight excluding hydrogens is 259 g/mol. The van der Waals surface area contributed by atoms with Gasteiger partial charge in [0.15, 0.2) is 11.4 Å². The van der Waals surface area contributed by atoms with Gasteiger partial charge in [0.25, 0.3) is 0 Å². The zero-order chi connectivity index (χ0) is 14.3. The average Bonchev–Trinajstić information content (AvgIpc) is 2.83. The third kappa shape index (κ3) is 2.03. The number of aromatic nitrogens is 1. The van der Waals surface area contributed by atoms with E-state index in [0.29, 0.717) is 27.9 Å². The van der Waals surface area contributed by atoms with Crippen LogP contribution in [0, 0.1) is 5.82 Å². The maximum absolute atomic E-state index is 13.2. The molecule has 4 nitrogen and oxygen atoms in total. The van der Waals surface area contributed by atoms with E-state index in [4.69, 9.17) is 10.2 Å². The number of benzene rings is 2. The van der Waals surface area contributed by atoms with Gasteiger partial charge in [0.05, 0.1) is 5.69 Å². The first-order valence-electron chi connectivity index (χ1n) is 6.01. The molecule has 2 aromatic carbocycles. The Morgan fingerprint density at radius 3 is 2.80 bits per heavy atom. The van der Waals surface area contributed by atoms with E-state index >= 15 is 0 Å². The molecule has 0 saturated carbocycles. The second kappa shape index (κ2) is 4.45. The second-order valence-electron chi connectivity index (χ2n) is 4.50. The summed E-state index contributed by atoms with van der Waals surface area (Å²) in [5.41, 5.74) is 8.06. The monoisotopic (exact) mass is 270 g/mol. The molecule has 3 aromatic rings. The van der Waals surface area contributed by atoms with E-state index in [2.05, 4.69) is 4.98 Å². The summed E-state index contributed by atoms with van der Waals surface area (Å²) in [6.45, 7) is 1.45. The standard InChI is InChI=1S/C15H11FN2O2/c1-8(19)10-6-12(17)14-13(7-10)18-15(20-14)9-3-2-4-11(16)5-9/h2-7H,17H2,1H3. The summed E-state index contributed by atoms with van der Waals surface area (Å²) < 4.78 is 18.8. The van der Waals surface area contributed by atoms with E-state index in [0.717, 1.165) is 0 Å². The predicted octanol–water partition coefficient (Wildman–Crippen LogP) is 3.42. The second-order valence-corrected chi connectivity index (χ2v) is 4.50. The molecular formula is C15H11FN2O2. The molecule has 2 N–H and O–H groups in total. The van der Waals surface area contributed by atoms with Crippen molar-refractivity contribution in [2.75, 3.05) is 5.73 Å². The van der Waals surface area contributed by atoms with Crippen LogP contribution in [-0.2, 0) is 0 Å². The van der Waals surface area contributed by atoms with Gasteiger partial charge >= 0.3 is 0 Å². The van der Waals surface area contributed by atoms with Crippen molar-refractivity contribution in [2.45, 2.75) is 6.92 Å². The minimum atomic E-state index is -0.373. The number of carbonyl (C=O) groups excluding carboxylic acids is 1. The SMILES string of the molecule is CC(=O)c1cc(N)c2oc(-c3cccc(F)c3)nc2c1. The Bertz CT molecular complexity index is 824. The van der Waals surface area contributed by atoms with Crippen molar-refractivity contribution in [2.24, 2.45) is 0 Å². The number of oxazole rings is 1. The fraction of sp³-hybridized carbons (Fsp3) is 0.0667. The molecule has 0 aliphatic heterocycles. The number of anilines is 1. The van der Waals surface area contributed by atoms with E-state index in [1.165, 1.54) is 19.1 Å². The van der Waals surface area contributed by atoms with Crippen LogP contribution in [0.2, 0.25) is 0 Å². The van der Waals surface area contributed by atoms with Crippen molar-refractivity contribution in [1.29, 1.82) is 0 Å². The van der Waals surface area contributed by atoms with E-state index in [1.807, 2.05) is 0 Å². The van der Waals surface area contributed by atoms with E-state index < -0.39 is 0 Å². The molecule has 0 atom stereocenters. The van der Waals surface area contributed by atoms with Crippen molar-refractivity contribution in [3.05, 3.63) is 47.8 Å². The highest BCUT2D eigenvalue weighted by molar-refractivity contribution is 6.00. The van der Waals surface area contributed by atoms with Crippen LogP contribution in [-0.4, -0.2) is 10.8 Å². The molecule has 0 bridgehead atoms. The number of nitrogen functional groups attached to an aromatic ring is 1. The number of hydrogen-bond acceptors (Lipinski definition) is 4. The zero-order valence-corrected chi connectivity index (χ0v) is 10.7. The molecule has 3 rings (SSSR count).